The van der Waals surface area contributed by atoms with Crippen LogP contribution in [0, 0.1) is 0 Å². The summed E-state index contributed by atoms with van der Waals surface area (Å²) in [7, 11) is 0. The van der Waals surface area contributed by atoms with Gasteiger partial charge in [0.05, 0.1) is 0 Å². The smallest absolute Gasteiger partial charge is 0.0221 e. The van der Waals surface area contributed by atoms with Crippen LogP contribution < -0.4 is 0 Å². The first-order chi connectivity index (χ1) is 5.27. The van der Waals surface area contributed by atoms with E-state index in [1.165, 1.54) is 12.0 Å². The zero-order valence-electron chi connectivity index (χ0n) is 5.93. The molecule has 2 atom stereocenters. The van der Waals surface area contributed by atoms with Crippen molar-refractivity contribution in [2.24, 2.45) is 0 Å². The van der Waals surface area contributed by atoms with Crippen LogP contribution in [0.2, 0.25) is 0 Å². The third kappa shape index (κ3) is 1.67. The topological polar surface area (TPSA) is 0 Å². The Morgan fingerprint density at radius 2 is 1.73 bits per heavy atom. The molecule has 1 fully saturated rings. The minimum atomic E-state index is 0.726. The van der Waals surface area contributed by atoms with Gasteiger partial charge in [-0.2, -0.15) is 0 Å². The average molecular weight is 276 g/mol. The van der Waals surface area contributed by atoms with Crippen molar-refractivity contribution in [2.45, 2.75) is 17.2 Å². The van der Waals surface area contributed by atoms with Crippen LogP contribution in [0.4, 0.5) is 0 Å². The lowest BCUT2D eigenvalue weighted by molar-refractivity contribution is 1.14. The lowest BCUT2D eigenvalue weighted by Crippen LogP contribution is -1.79. The summed E-state index contributed by atoms with van der Waals surface area (Å²) in [5.41, 5.74) is 1.45. The van der Waals surface area contributed by atoms with Gasteiger partial charge in [-0.05, 0) is 30.0 Å². The Labute approximate surface area is 83.3 Å². The summed E-state index contributed by atoms with van der Waals surface area (Å²) in [5.74, 6) is 0.767. The first-order valence-corrected chi connectivity index (χ1v) is 5.38. The van der Waals surface area contributed by atoms with E-state index in [2.05, 4.69) is 56.1 Å². The number of halogens is 2. The molecule has 0 heterocycles. The molecule has 58 valence electrons. The maximum atomic E-state index is 3.59. The van der Waals surface area contributed by atoms with Crippen molar-refractivity contribution in [3.05, 3.63) is 34.3 Å². The monoisotopic (exact) mass is 274 g/mol. The standard InChI is InChI=1S/C9H8Br2/c10-7-3-1-6(2-4-7)8-5-9(8)11/h1-4,8-9H,5H2/t8-,9+/m0/s1. The Balaban J connectivity index is 2.21. The summed E-state index contributed by atoms with van der Waals surface area (Å²) in [6.07, 6.45) is 1.29. The van der Waals surface area contributed by atoms with Crippen LogP contribution in [0.1, 0.15) is 17.9 Å². The fourth-order valence-corrected chi connectivity index (χ4v) is 2.19. The molecule has 0 radical (unpaired) electrons. The second kappa shape index (κ2) is 2.91. The zero-order chi connectivity index (χ0) is 7.84. The molecular weight excluding hydrogens is 268 g/mol. The van der Waals surface area contributed by atoms with E-state index in [4.69, 9.17) is 0 Å². The molecule has 0 unspecified atom stereocenters. The van der Waals surface area contributed by atoms with E-state index < -0.39 is 0 Å². The predicted octanol–water partition coefficient (Wildman–Crippen LogP) is 3.70. The van der Waals surface area contributed by atoms with Crippen molar-refractivity contribution < 1.29 is 0 Å². The van der Waals surface area contributed by atoms with E-state index >= 15 is 0 Å². The fraction of sp³-hybridized carbons (Fsp3) is 0.333. The number of hydrogen-bond acceptors (Lipinski definition) is 0. The quantitative estimate of drug-likeness (QED) is 0.686. The highest BCUT2D eigenvalue weighted by Gasteiger charge is 2.35. The highest BCUT2D eigenvalue weighted by atomic mass is 79.9. The highest BCUT2D eigenvalue weighted by Crippen LogP contribution is 2.46. The van der Waals surface area contributed by atoms with Crippen molar-refractivity contribution in [3.8, 4) is 0 Å². The van der Waals surface area contributed by atoms with Crippen molar-refractivity contribution >= 4 is 31.9 Å². The molecule has 1 aromatic carbocycles. The number of hydrogen-bond donors (Lipinski definition) is 0. The molecule has 0 spiro atoms. The second-order valence-corrected chi connectivity index (χ2v) is 5.00. The van der Waals surface area contributed by atoms with E-state index in [1.54, 1.807) is 0 Å². The Morgan fingerprint density at radius 3 is 2.18 bits per heavy atom. The van der Waals surface area contributed by atoms with Gasteiger partial charge in [0.1, 0.15) is 0 Å². The van der Waals surface area contributed by atoms with Gasteiger partial charge in [0.2, 0.25) is 0 Å². The SMILES string of the molecule is Brc1ccc([C@@H]2C[C@H]2Br)cc1. The molecule has 0 bridgehead atoms. The minimum Gasteiger partial charge on any atom is -0.0884 e. The van der Waals surface area contributed by atoms with Gasteiger partial charge in [-0.15, -0.1) is 0 Å². The number of rotatable bonds is 1. The van der Waals surface area contributed by atoms with Crippen LogP contribution >= 0.6 is 31.9 Å². The summed E-state index contributed by atoms with van der Waals surface area (Å²) < 4.78 is 1.16. The lowest BCUT2D eigenvalue weighted by atomic mass is 10.1. The summed E-state index contributed by atoms with van der Waals surface area (Å²) >= 11 is 7.01. The predicted molar refractivity (Wildman–Crippen MR) is 54.2 cm³/mol. The van der Waals surface area contributed by atoms with Crippen molar-refractivity contribution in [2.75, 3.05) is 0 Å². The van der Waals surface area contributed by atoms with Gasteiger partial charge in [0.15, 0.2) is 0 Å². The first-order valence-electron chi connectivity index (χ1n) is 3.67. The molecule has 0 amide bonds. The molecule has 2 rings (SSSR count). The van der Waals surface area contributed by atoms with Crippen LogP contribution in [0.5, 0.6) is 0 Å². The van der Waals surface area contributed by atoms with Gasteiger partial charge in [-0.3, -0.25) is 0 Å². The number of alkyl halides is 1. The van der Waals surface area contributed by atoms with Gasteiger partial charge >= 0.3 is 0 Å². The molecule has 1 aliphatic carbocycles. The van der Waals surface area contributed by atoms with Crippen LogP contribution in [0.3, 0.4) is 0 Å². The summed E-state index contributed by atoms with van der Waals surface area (Å²) in [6.45, 7) is 0. The Bertz CT molecular complexity index is 253. The van der Waals surface area contributed by atoms with E-state index in [0.717, 1.165) is 15.2 Å². The minimum absolute atomic E-state index is 0.726. The maximum Gasteiger partial charge on any atom is 0.0221 e. The van der Waals surface area contributed by atoms with Crippen LogP contribution in [-0.4, -0.2) is 4.83 Å². The van der Waals surface area contributed by atoms with Crippen molar-refractivity contribution in [3.63, 3.8) is 0 Å². The van der Waals surface area contributed by atoms with Gasteiger partial charge in [0.25, 0.3) is 0 Å². The van der Waals surface area contributed by atoms with Crippen molar-refractivity contribution in [1.82, 2.24) is 0 Å². The maximum absolute atomic E-state index is 3.59. The van der Waals surface area contributed by atoms with Gasteiger partial charge in [-0.1, -0.05) is 44.0 Å². The van der Waals surface area contributed by atoms with E-state index in [1.807, 2.05) is 0 Å². The second-order valence-electron chi connectivity index (χ2n) is 2.91. The van der Waals surface area contributed by atoms with Gasteiger partial charge in [-0.25, -0.2) is 0 Å². The van der Waals surface area contributed by atoms with Crippen LogP contribution in [0.25, 0.3) is 0 Å². The van der Waals surface area contributed by atoms with E-state index in [0.29, 0.717) is 0 Å². The molecular formula is C9H8Br2. The highest BCUT2D eigenvalue weighted by molar-refractivity contribution is 9.10. The molecule has 0 aromatic heterocycles. The molecule has 0 aliphatic heterocycles. The zero-order valence-corrected chi connectivity index (χ0v) is 9.10. The van der Waals surface area contributed by atoms with E-state index in [9.17, 15) is 0 Å². The lowest BCUT2D eigenvalue weighted by Gasteiger charge is -1.96. The molecule has 0 N–H and O–H groups in total. The fourth-order valence-electron chi connectivity index (χ4n) is 1.22. The average Bonchev–Trinajstić information content (AvgIpc) is 2.69. The van der Waals surface area contributed by atoms with Gasteiger partial charge < -0.3 is 0 Å². The molecule has 0 nitrogen and oxygen atoms in total. The van der Waals surface area contributed by atoms with Crippen LogP contribution in [-0.2, 0) is 0 Å². The summed E-state index contributed by atoms with van der Waals surface area (Å²) in [5, 5.41) is 0. The third-order valence-corrected chi connectivity index (χ3v) is 3.55. The molecule has 1 aliphatic rings. The molecule has 1 saturated carbocycles. The van der Waals surface area contributed by atoms with E-state index in [-0.39, 0.29) is 0 Å². The Morgan fingerprint density at radius 1 is 1.18 bits per heavy atom. The van der Waals surface area contributed by atoms with Gasteiger partial charge in [0, 0.05) is 9.30 Å². The van der Waals surface area contributed by atoms with Crippen molar-refractivity contribution in [1.29, 1.82) is 0 Å². The molecule has 1 aromatic rings. The molecule has 2 heteroatoms. The molecule has 11 heavy (non-hydrogen) atoms. The first kappa shape index (κ1) is 7.81. The Kier molecular flexibility index (Phi) is 2.06. The third-order valence-electron chi connectivity index (χ3n) is 2.01. The number of benzene rings is 1. The normalized spacial score (nSPS) is 28.5. The summed E-state index contributed by atoms with van der Waals surface area (Å²) in [4.78, 5) is 0.726. The largest absolute Gasteiger partial charge is 0.0884 e. The van der Waals surface area contributed by atoms with Crippen LogP contribution in [0.15, 0.2) is 28.7 Å². The summed E-state index contributed by atoms with van der Waals surface area (Å²) in [6, 6.07) is 8.59. The molecule has 0 saturated heterocycles. The Hall–Kier alpha value is 0.180.